The van der Waals surface area contributed by atoms with Crippen LogP contribution in [0.15, 0.2) is 35.6 Å². The Bertz CT molecular complexity index is 896. The lowest BCUT2D eigenvalue weighted by atomic mass is 10.1. The molecule has 6 nitrogen and oxygen atoms in total. The van der Waals surface area contributed by atoms with Gasteiger partial charge in [0.05, 0.1) is 23.7 Å². The van der Waals surface area contributed by atoms with Crippen molar-refractivity contribution >= 4 is 43.2 Å². The Morgan fingerprint density at radius 1 is 0.758 bits per heavy atom. The lowest BCUT2D eigenvalue weighted by Crippen LogP contribution is -1.97. The van der Waals surface area contributed by atoms with Crippen LogP contribution in [0.4, 0.5) is 0 Å². The molecule has 0 unspecified atom stereocenters. The van der Waals surface area contributed by atoms with Crippen LogP contribution in [0.1, 0.15) is 68.0 Å². The fraction of sp³-hybridized carbons (Fsp3) is 0.435. The molecule has 0 atom stereocenters. The van der Waals surface area contributed by atoms with Crippen molar-refractivity contribution in [3.8, 4) is 0 Å². The van der Waals surface area contributed by atoms with E-state index in [1.807, 2.05) is 26.8 Å². The van der Waals surface area contributed by atoms with Gasteiger partial charge in [-0.2, -0.15) is 7.85 Å². The van der Waals surface area contributed by atoms with Gasteiger partial charge in [0.25, 0.3) is 0 Å². The first-order valence-corrected chi connectivity index (χ1v) is 11.5. The van der Waals surface area contributed by atoms with Crippen molar-refractivity contribution in [1.82, 2.24) is 29.9 Å². The van der Waals surface area contributed by atoms with Gasteiger partial charge in [0.2, 0.25) is 0 Å². The first kappa shape index (κ1) is 33.3. The van der Waals surface area contributed by atoms with Gasteiger partial charge < -0.3 is 6.82 Å². The molecule has 3 aromatic heterocycles. The molecule has 0 bridgehead atoms. The van der Waals surface area contributed by atoms with Crippen molar-refractivity contribution in [2.75, 3.05) is 0 Å². The van der Waals surface area contributed by atoms with Crippen molar-refractivity contribution in [1.29, 1.82) is 0 Å². The molecule has 0 aliphatic heterocycles. The molecule has 0 aromatic carbocycles. The van der Waals surface area contributed by atoms with Crippen molar-refractivity contribution < 1.29 is 0 Å². The molecule has 0 saturated carbocycles. The summed E-state index contributed by atoms with van der Waals surface area (Å²) in [6.45, 7) is 18.6. The van der Waals surface area contributed by atoms with E-state index in [-0.39, 0.29) is 0 Å². The minimum Gasteiger partial charge on any atom is -0.382 e. The lowest BCUT2D eigenvalue weighted by molar-refractivity contribution is 0.800. The predicted octanol–water partition coefficient (Wildman–Crippen LogP) is 6.17. The SMILES string of the molecule is Cc1cc(C(C)C)ncn1.Cc1cc(Cl)ncn1.Cc1ncnc(C(C)C)c1Br.[B]C.[B][CH2-]. The van der Waals surface area contributed by atoms with Crippen LogP contribution in [0.5, 0.6) is 0 Å². The first-order chi connectivity index (χ1) is 15.6. The summed E-state index contributed by atoms with van der Waals surface area (Å²) in [7, 11) is 8.75. The summed E-state index contributed by atoms with van der Waals surface area (Å²) in [5, 5.41) is 0.498. The zero-order valence-electron chi connectivity index (χ0n) is 20.8. The second kappa shape index (κ2) is 19.6. The normalized spacial score (nSPS) is 9.24. The summed E-state index contributed by atoms with van der Waals surface area (Å²) in [6.07, 6.45) is 4.66. The second-order valence-electron chi connectivity index (χ2n) is 7.03. The van der Waals surface area contributed by atoms with E-state index in [1.54, 1.807) is 18.7 Å². The molecule has 4 radical (unpaired) electrons. The molecule has 0 aliphatic carbocycles. The van der Waals surface area contributed by atoms with E-state index in [0.717, 1.165) is 32.9 Å². The monoisotopic (exact) mass is 529 g/mol. The molecule has 10 heteroatoms. The standard InChI is InChI=1S/C8H11BrN2.C8H12N2.C5H5ClN2.CH3B.CH2B/c1-5(2)8-7(9)6(3)10-4-11-8;1-6(2)8-4-7(3)9-5-10-8;1-4-2-5(6)8-3-7-4;2*1-2/h4-5H,1-3H3;4-6H,1-3H3;2-3H,1H3;1H3;1H2/q;;;;-1. The fourth-order valence-electron chi connectivity index (χ4n) is 2.09. The maximum Gasteiger partial charge on any atom is 0.132 e. The van der Waals surface area contributed by atoms with E-state index in [1.165, 1.54) is 13.2 Å². The zero-order valence-corrected chi connectivity index (χ0v) is 23.2. The molecule has 3 aromatic rings. The topological polar surface area (TPSA) is 77.3 Å². The minimum absolute atomic E-state index is 0.450. The van der Waals surface area contributed by atoms with Gasteiger partial charge >= 0.3 is 0 Å². The van der Waals surface area contributed by atoms with E-state index in [2.05, 4.69) is 96.0 Å². The average molecular weight is 531 g/mol. The summed E-state index contributed by atoms with van der Waals surface area (Å²) in [6, 6.07) is 3.73. The van der Waals surface area contributed by atoms with Gasteiger partial charge in [-0.3, -0.25) is 0 Å². The van der Waals surface area contributed by atoms with Crippen molar-refractivity contribution in [3.63, 3.8) is 0 Å². The van der Waals surface area contributed by atoms with Crippen LogP contribution < -0.4 is 0 Å². The average Bonchev–Trinajstić information content (AvgIpc) is 2.79. The molecule has 0 aliphatic rings. The quantitative estimate of drug-likeness (QED) is 0.224. The smallest absolute Gasteiger partial charge is 0.132 e. The predicted molar refractivity (Wildman–Crippen MR) is 144 cm³/mol. The van der Waals surface area contributed by atoms with Crippen LogP contribution in [-0.4, -0.2) is 45.6 Å². The van der Waals surface area contributed by atoms with E-state index in [4.69, 9.17) is 11.6 Å². The van der Waals surface area contributed by atoms with Gasteiger partial charge in [-0.15, -0.1) is 0 Å². The summed E-state index contributed by atoms with van der Waals surface area (Å²) >= 11 is 8.95. The van der Waals surface area contributed by atoms with Crippen molar-refractivity contribution in [2.24, 2.45) is 0 Å². The van der Waals surface area contributed by atoms with Gasteiger partial charge in [-0.1, -0.05) is 46.1 Å². The van der Waals surface area contributed by atoms with E-state index in [0.29, 0.717) is 17.0 Å². The maximum absolute atomic E-state index is 5.49. The Kier molecular flexibility index (Phi) is 19.8. The molecule has 3 rings (SSSR count). The van der Waals surface area contributed by atoms with E-state index in [9.17, 15) is 0 Å². The Labute approximate surface area is 215 Å². The van der Waals surface area contributed by atoms with Crippen LogP contribution in [0, 0.1) is 27.6 Å². The number of nitrogens with zero attached hydrogens (tertiary/aromatic N) is 6. The number of rotatable bonds is 2. The zero-order chi connectivity index (χ0) is 26.0. The molecule has 3 heterocycles. The highest BCUT2D eigenvalue weighted by Gasteiger charge is 2.07. The molecule has 0 N–H and O–H groups in total. The molecule has 0 spiro atoms. The third-order valence-corrected chi connectivity index (χ3v) is 4.91. The molecule has 33 heavy (non-hydrogen) atoms. The van der Waals surface area contributed by atoms with Gasteiger partial charge in [0.1, 0.15) is 24.1 Å². The third-order valence-electron chi connectivity index (χ3n) is 3.72. The molecular weight excluding hydrogens is 497 g/mol. The van der Waals surface area contributed by atoms with Crippen molar-refractivity contribution in [3.05, 3.63) is 76.0 Å². The van der Waals surface area contributed by atoms with Crippen molar-refractivity contribution in [2.45, 2.75) is 67.1 Å². The molecule has 0 saturated heterocycles. The van der Waals surface area contributed by atoms with E-state index >= 15 is 0 Å². The molecule has 0 fully saturated rings. The van der Waals surface area contributed by atoms with Gasteiger partial charge in [0.15, 0.2) is 0 Å². The van der Waals surface area contributed by atoms with Gasteiger partial charge in [-0.05, 0) is 60.7 Å². The number of hydrogen-bond donors (Lipinski definition) is 0. The first-order valence-electron chi connectivity index (χ1n) is 10.3. The lowest BCUT2D eigenvalue weighted by Gasteiger charge is -2.07. The van der Waals surface area contributed by atoms with Crippen LogP contribution in [0.2, 0.25) is 12.0 Å². The fourth-order valence-corrected chi connectivity index (χ4v) is 2.96. The van der Waals surface area contributed by atoms with Gasteiger partial charge in [-0.25, -0.2) is 29.9 Å². The Morgan fingerprint density at radius 3 is 1.58 bits per heavy atom. The summed E-state index contributed by atoms with van der Waals surface area (Å²) in [5.41, 5.74) is 5.14. The van der Waals surface area contributed by atoms with Crippen LogP contribution in [0.25, 0.3) is 0 Å². The summed E-state index contributed by atoms with van der Waals surface area (Å²) in [4.78, 5) is 23.9. The minimum atomic E-state index is 0.450. The molecular formula is C23H33B2BrClN6-. The highest BCUT2D eigenvalue weighted by molar-refractivity contribution is 9.10. The van der Waals surface area contributed by atoms with E-state index < -0.39 is 0 Å². The van der Waals surface area contributed by atoms with Crippen LogP contribution in [-0.2, 0) is 0 Å². The summed E-state index contributed by atoms with van der Waals surface area (Å²) in [5.74, 6) is 0.952. The maximum atomic E-state index is 5.49. The van der Waals surface area contributed by atoms with Crippen LogP contribution in [0.3, 0.4) is 0 Å². The largest absolute Gasteiger partial charge is 0.382 e. The molecule has 176 valence electrons. The number of hydrogen-bond acceptors (Lipinski definition) is 6. The number of aromatic nitrogens is 6. The Morgan fingerprint density at radius 2 is 1.24 bits per heavy atom. The third kappa shape index (κ3) is 14.8. The summed E-state index contributed by atoms with van der Waals surface area (Å²) < 4.78 is 1.04. The second-order valence-corrected chi connectivity index (χ2v) is 8.21. The van der Waals surface area contributed by atoms with Gasteiger partial charge in [0, 0.05) is 17.1 Å². The number of aryl methyl sites for hydroxylation is 3. The Balaban J connectivity index is 0. The van der Waals surface area contributed by atoms with Crippen LogP contribution >= 0.6 is 27.5 Å². The Hall–Kier alpha value is -1.86. The number of halogens is 2. The highest BCUT2D eigenvalue weighted by Crippen LogP contribution is 2.23. The highest BCUT2D eigenvalue weighted by atomic mass is 79.9. The molecule has 0 amide bonds.